The summed E-state index contributed by atoms with van der Waals surface area (Å²) in [4.78, 5) is 0. The minimum absolute atomic E-state index is 0.672. The molecule has 0 fully saturated rings. The summed E-state index contributed by atoms with van der Waals surface area (Å²) < 4.78 is 5.28. The Labute approximate surface area is 101 Å². The molecule has 0 spiro atoms. The second kappa shape index (κ2) is 7.70. The standard InChI is InChI=1S/C11H21N3OS/c1-4-15-6-5-10-13-14-11(16-10)8-12-7-9(2)3/h9,12H,4-8H2,1-3H3. The molecular weight excluding hydrogens is 222 g/mol. The average Bonchev–Trinajstić information content (AvgIpc) is 2.66. The third kappa shape index (κ3) is 5.53. The Balaban J connectivity index is 2.22. The van der Waals surface area contributed by atoms with E-state index in [0.29, 0.717) is 5.92 Å². The van der Waals surface area contributed by atoms with E-state index in [1.54, 1.807) is 11.3 Å². The van der Waals surface area contributed by atoms with Gasteiger partial charge in [0.1, 0.15) is 10.0 Å². The molecule has 0 atom stereocenters. The molecule has 92 valence electrons. The zero-order valence-electron chi connectivity index (χ0n) is 10.3. The molecule has 0 radical (unpaired) electrons. The van der Waals surface area contributed by atoms with E-state index in [0.717, 1.165) is 42.7 Å². The minimum atomic E-state index is 0.672. The SMILES string of the molecule is CCOCCc1nnc(CNCC(C)C)s1. The van der Waals surface area contributed by atoms with Gasteiger partial charge in [-0.3, -0.25) is 0 Å². The van der Waals surface area contributed by atoms with Crippen molar-refractivity contribution in [2.75, 3.05) is 19.8 Å². The predicted octanol–water partition coefficient (Wildman–Crippen LogP) is 1.86. The first-order chi connectivity index (χ1) is 7.72. The summed E-state index contributed by atoms with van der Waals surface area (Å²) in [7, 11) is 0. The largest absolute Gasteiger partial charge is 0.381 e. The van der Waals surface area contributed by atoms with Gasteiger partial charge in [0.25, 0.3) is 0 Å². The number of ether oxygens (including phenoxy) is 1. The van der Waals surface area contributed by atoms with Crippen LogP contribution in [0.15, 0.2) is 0 Å². The van der Waals surface area contributed by atoms with Crippen LogP contribution in [0.2, 0.25) is 0 Å². The van der Waals surface area contributed by atoms with Gasteiger partial charge >= 0.3 is 0 Å². The third-order valence-corrected chi connectivity index (χ3v) is 2.98. The molecule has 1 aromatic heterocycles. The van der Waals surface area contributed by atoms with Crippen molar-refractivity contribution in [1.29, 1.82) is 0 Å². The van der Waals surface area contributed by atoms with Crippen LogP contribution >= 0.6 is 11.3 Å². The lowest BCUT2D eigenvalue weighted by Crippen LogP contribution is -2.18. The molecule has 4 nitrogen and oxygen atoms in total. The summed E-state index contributed by atoms with van der Waals surface area (Å²) in [5, 5.41) is 13.8. The van der Waals surface area contributed by atoms with E-state index in [-0.39, 0.29) is 0 Å². The van der Waals surface area contributed by atoms with Crippen LogP contribution in [0.5, 0.6) is 0 Å². The highest BCUT2D eigenvalue weighted by Crippen LogP contribution is 2.10. The van der Waals surface area contributed by atoms with Crippen LogP contribution in [-0.2, 0) is 17.7 Å². The summed E-state index contributed by atoms with van der Waals surface area (Å²) in [5.41, 5.74) is 0. The highest BCUT2D eigenvalue weighted by atomic mass is 32.1. The molecule has 0 bridgehead atoms. The number of nitrogens with zero attached hydrogens (tertiary/aromatic N) is 2. The van der Waals surface area contributed by atoms with Crippen LogP contribution in [0.3, 0.4) is 0 Å². The van der Waals surface area contributed by atoms with Gasteiger partial charge in [0.15, 0.2) is 0 Å². The molecule has 0 aliphatic carbocycles. The highest BCUT2D eigenvalue weighted by Gasteiger charge is 2.03. The monoisotopic (exact) mass is 243 g/mol. The molecule has 1 heterocycles. The maximum absolute atomic E-state index is 5.28. The second-order valence-electron chi connectivity index (χ2n) is 4.06. The summed E-state index contributed by atoms with van der Waals surface area (Å²) in [5.74, 6) is 0.672. The Morgan fingerprint density at radius 2 is 2.06 bits per heavy atom. The molecule has 16 heavy (non-hydrogen) atoms. The maximum atomic E-state index is 5.28. The molecule has 0 aliphatic rings. The van der Waals surface area contributed by atoms with Crippen molar-refractivity contribution in [1.82, 2.24) is 15.5 Å². The molecule has 0 aromatic carbocycles. The van der Waals surface area contributed by atoms with Gasteiger partial charge in [-0.1, -0.05) is 13.8 Å². The third-order valence-electron chi connectivity index (χ3n) is 2.00. The number of hydrogen-bond donors (Lipinski definition) is 1. The molecule has 1 aromatic rings. The molecule has 0 amide bonds. The van der Waals surface area contributed by atoms with Gasteiger partial charge in [0.05, 0.1) is 6.61 Å². The van der Waals surface area contributed by atoms with Crippen LogP contribution < -0.4 is 5.32 Å². The van der Waals surface area contributed by atoms with Gasteiger partial charge < -0.3 is 10.1 Å². The fraction of sp³-hybridized carbons (Fsp3) is 0.818. The maximum Gasteiger partial charge on any atom is 0.131 e. The summed E-state index contributed by atoms with van der Waals surface area (Å²) >= 11 is 1.67. The van der Waals surface area contributed by atoms with Crippen LogP contribution in [0.25, 0.3) is 0 Å². The number of aromatic nitrogens is 2. The van der Waals surface area contributed by atoms with Gasteiger partial charge in [-0.25, -0.2) is 0 Å². The van der Waals surface area contributed by atoms with Gasteiger partial charge in [0, 0.05) is 19.6 Å². The summed E-state index contributed by atoms with van der Waals surface area (Å²) in [6.45, 7) is 9.74. The van der Waals surface area contributed by atoms with Gasteiger partial charge in [0.2, 0.25) is 0 Å². The van der Waals surface area contributed by atoms with Crippen molar-refractivity contribution >= 4 is 11.3 Å². The number of rotatable bonds is 8. The fourth-order valence-corrected chi connectivity index (χ4v) is 2.03. The molecule has 0 saturated heterocycles. The fourth-order valence-electron chi connectivity index (χ4n) is 1.23. The van der Waals surface area contributed by atoms with Crippen molar-refractivity contribution in [3.8, 4) is 0 Å². The molecule has 1 rings (SSSR count). The number of hydrogen-bond acceptors (Lipinski definition) is 5. The molecule has 0 saturated carbocycles. The van der Waals surface area contributed by atoms with Crippen molar-refractivity contribution in [2.24, 2.45) is 5.92 Å². The van der Waals surface area contributed by atoms with Crippen LogP contribution in [0.4, 0.5) is 0 Å². The summed E-state index contributed by atoms with van der Waals surface area (Å²) in [6, 6.07) is 0. The molecule has 5 heteroatoms. The van der Waals surface area contributed by atoms with E-state index >= 15 is 0 Å². The minimum Gasteiger partial charge on any atom is -0.381 e. The summed E-state index contributed by atoms with van der Waals surface area (Å²) in [6.07, 6.45) is 0.871. The zero-order valence-corrected chi connectivity index (χ0v) is 11.1. The number of nitrogens with one attached hydrogen (secondary N) is 1. The van der Waals surface area contributed by atoms with E-state index < -0.39 is 0 Å². The topological polar surface area (TPSA) is 47.0 Å². The molecular formula is C11H21N3OS. The van der Waals surface area contributed by atoms with Crippen LogP contribution in [0.1, 0.15) is 30.8 Å². The lowest BCUT2D eigenvalue weighted by Gasteiger charge is -2.03. The normalized spacial score (nSPS) is 11.2. The second-order valence-corrected chi connectivity index (χ2v) is 5.21. The van der Waals surface area contributed by atoms with E-state index in [9.17, 15) is 0 Å². The Morgan fingerprint density at radius 1 is 1.31 bits per heavy atom. The van der Waals surface area contributed by atoms with Gasteiger partial charge in [-0.2, -0.15) is 0 Å². The van der Waals surface area contributed by atoms with Crippen molar-refractivity contribution in [3.05, 3.63) is 10.0 Å². The molecule has 1 N–H and O–H groups in total. The Kier molecular flexibility index (Phi) is 6.52. The Bertz CT molecular complexity index is 289. The quantitative estimate of drug-likeness (QED) is 0.708. The first-order valence-corrected chi connectivity index (χ1v) is 6.63. The first kappa shape index (κ1) is 13.5. The van der Waals surface area contributed by atoms with E-state index in [1.165, 1.54) is 0 Å². The van der Waals surface area contributed by atoms with Crippen molar-refractivity contribution < 1.29 is 4.74 Å². The smallest absolute Gasteiger partial charge is 0.131 e. The van der Waals surface area contributed by atoms with Crippen LogP contribution in [-0.4, -0.2) is 30.0 Å². The average molecular weight is 243 g/mol. The van der Waals surface area contributed by atoms with Gasteiger partial charge in [-0.15, -0.1) is 21.5 Å². The lowest BCUT2D eigenvalue weighted by molar-refractivity contribution is 0.150. The Morgan fingerprint density at radius 3 is 2.75 bits per heavy atom. The zero-order chi connectivity index (χ0) is 11.8. The molecule has 0 unspecified atom stereocenters. The van der Waals surface area contributed by atoms with Crippen molar-refractivity contribution in [2.45, 2.75) is 33.7 Å². The highest BCUT2D eigenvalue weighted by molar-refractivity contribution is 7.11. The lowest BCUT2D eigenvalue weighted by atomic mass is 10.2. The van der Waals surface area contributed by atoms with Crippen molar-refractivity contribution in [3.63, 3.8) is 0 Å². The van der Waals surface area contributed by atoms with E-state index in [4.69, 9.17) is 4.74 Å². The first-order valence-electron chi connectivity index (χ1n) is 5.82. The predicted molar refractivity (Wildman–Crippen MR) is 66.7 cm³/mol. The Hall–Kier alpha value is -0.520. The van der Waals surface area contributed by atoms with E-state index in [1.807, 2.05) is 6.92 Å². The molecule has 0 aliphatic heterocycles. The van der Waals surface area contributed by atoms with Gasteiger partial charge in [-0.05, 0) is 19.4 Å². The van der Waals surface area contributed by atoms with E-state index in [2.05, 4.69) is 29.4 Å². The van der Waals surface area contributed by atoms with Crippen LogP contribution in [0, 0.1) is 5.92 Å².